The fourth-order valence-electron chi connectivity index (χ4n) is 1.36. The predicted octanol–water partition coefficient (Wildman–Crippen LogP) is 2.22. The number of nitrogens with one attached hydrogen (secondary N) is 2. The van der Waals surface area contributed by atoms with Crippen LogP contribution in [0.1, 0.15) is 21.4 Å². The van der Waals surface area contributed by atoms with Crippen LogP contribution in [-0.4, -0.2) is 16.0 Å². The van der Waals surface area contributed by atoms with Crippen molar-refractivity contribution in [2.45, 2.75) is 26.9 Å². The van der Waals surface area contributed by atoms with E-state index in [1.54, 1.807) is 22.7 Å². The van der Waals surface area contributed by atoms with E-state index in [1.807, 2.05) is 24.6 Å². The highest BCUT2D eigenvalue weighted by Gasteiger charge is 2.04. The van der Waals surface area contributed by atoms with Gasteiger partial charge < -0.3 is 10.6 Å². The van der Waals surface area contributed by atoms with Crippen molar-refractivity contribution in [2.75, 3.05) is 0 Å². The number of urea groups is 1. The fourth-order valence-corrected chi connectivity index (χ4v) is 2.69. The summed E-state index contributed by atoms with van der Waals surface area (Å²) in [6.45, 7) is 4.79. The van der Waals surface area contributed by atoms with Crippen LogP contribution in [0.4, 0.5) is 4.79 Å². The van der Waals surface area contributed by atoms with Gasteiger partial charge in [0.15, 0.2) is 0 Å². The van der Waals surface area contributed by atoms with E-state index in [4.69, 9.17) is 0 Å². The summed E-state index contributed by atoms with van der Waals surface area (Å²) >= 11 is 3.12. The van der Waals surface area contributed by atoms with Gasteiger partial charge in [-0.1, -0.05) is 0 Å². The van der Waals surface area contributed by atoms with Crippen LogP contribution >= 0.6 is 22.7 Å². The number of nitrogens with zero attached hydrogens (tertiary/aromatic N) is 2. The first-order valence-corrected chi connectivity index (χ1v) is 7.23. The highest BCUT2D eigenvalue weighted by atomic mass is 32.1. The average molecular weight is 282 g/mol. The number of aromatic nitrogens is 2. The summed E-state index contributed by atoms with van der Waals surface area (Å²) < 4.78 is 0. The van der Waals surface area contributed by atoms with E-state index in [9.17, 15) is 4.79 Å². The zero-order valence-corrected chi connectivity index (χ0v) is 11.8. The van der Waals surface area contributed by atoms with Gasteiger partial charge in [-0.3, -0.25) is 0 Å². The fraction of sp³-hybridized carbons (Fsp3) is 0.364. The Labute approximate surface area is 113 Å². The van der Waals surface area contributed by atoms with E-state index in [0.717, 1.165) is 21.4 Å². The van der Waals surface area contributed by atoms with Crippen molar-refractivity contribution < 1.29 is 4.79 Å². The third-order valence-corrected chi connectivity index (χ3v) is 3.95. The number of hydrogen-bond donors (Lipinski definition) is 2. The summed E-state index contributed by atoms with van der Waals surface area (Å²) in [5.74, 6) is 0. The molecule has 96 valence electrons. The molecule has 0 radical (unpaired) electrons. The van der Waals surface area contributed by atoms with Gasteiger partial charge in [-0.05, 0) is 13.8 Å². The van der Waals surface area contributed by atoms with Crippen molar-refractivity contribution in [1.82, 2.24) is 20.6 Å². The molecule has 2 rings (SSSR count). The molecule has 0 unspecified atom stereocenters. The van der Waals surface area contributed by atoms with Gasteiger partial charge in [-0.15, -0.1) is 22.7 Å². The molecule has 18 heavy (non-hydrogen) atoms. The lowest BCUT2D eigenvalue weighted by Gasteiger charge is -2.04. The lowest BCUT2D eigenvalue weighted by molar-refractivity contribution is 0.240. The topological polar surface area (TPSA) is 66.9 Å². The molecule has 2 amide bonds. The first-order chi connectivity index (χ1) is 8.63. The summed E-state index contributed by atoms with van der Waals surface area (Å²) in [4.78, 5) is 20.1. The third kappa shape index (κ3) is 3.78. The van der Waals surface area contributed by atoms with E-state index in [1.165, 1.54) is 0 Å². The molecule has 7 heteroatoms. The third-order valence-electron chi connectivity index (χ3n) is 2.16. The quantitative estimate of drug-likeness (QED) is 0.903. The van der Waals surface area contributed by atoms with Crippen molar-refractivity contribution in [1.29, 1.82) is 0 Å². The van der Waals surface area contributed by atoms with Crippen LogP contribution in [0.5, 0.6) is 0 Å². The highest BCUT2D eigenvalue weighted by Crippen LogP contribution is 2.08. The first-order valence-electron chi connectivity index (χ1n) is 5.47. The van der Waals surface area contributed by atoms with Crippen LogP contribution < -0.4 is 10.6 Å². The van der Waals surface area contributed by atoms with Crippen LogP contribution in [0.25, 0.3) is 0 Å². The van der Waals surface area contributed by atoms with Crippen molar-refractivity contribution in [3.63, 3.8) is 0 Å². The molecule has 0 aliphatic carbocycles. The van der Waals surface area contributed by atoms with Crippen LogP contribution in [0.3, 0.4) is 0 Å². The average Bonchev–Trinajstić information content (AvgIpc) is 2.93. The van der Waals surface area contributed by atoms with E-state index in [-0.39, 0.29) is 6.03 Å². The van der Waals surface area contributed by atoms with E-state index < -0.39 is 0 Å². The van der Waals surface area contributed by atoms with Gasteiger partial charge in [0.05, 0.1) is 23.8 Å². The Kier molecular flexibility index (Phi) is 4.27. The van der Waals surface area contributed by atoms with Crippen LogP contribution in [-0.2, 0) is 13.1 Å². The Morgan fingerprint density at radius 3 is 2.56 bits per heavy atom. The molecular formula is C11H14N4OS2. The number of carbonyl (C=O) groups excluding carboxylic acids is 1. The zero-order valence-electron chi connectivity index (χ0n) is 10.2. The minimum absolute atomic E-state index is 0.200. The van der Waals surface area contributed by atoms with Crippen molar-refractivity contribution in [3.8, 4) is 0 Å². The van der Waals surface area contributed by atoms with Crippen LogP contribution in [0.2, 0.25) is 0 Å². The van der Waals surface area contributed by atoms with Gasteiger partial charge in [0.1, 0.15) is 5.01 Å². The largest absolute Gasteiger partial charge is 0.332 e. The molecule has 0 aliphatic rings. The molecule has 2 aromatic rings. The van der Waals surface area contributed by atoms with Gasteiger partial charge >= 0.3 is 6.03 Å². The molecule has 5 nitrogen and oxygen atoms in total. The molecule has 0 saturated heterocycles. The molecule has 0 bridgehead atoms. The molecule has 2 aromatic heterocycles. The molecular weight excluding hydrogens is 268 g/mol. The number of aryl methyl sites for hydroxylation is 2. The second-order valence-electron chi connectivity index (χ2n) is 3.78. The Morgan fingerprint density at radius 1 is 1.17 bits per heavy atom. The Morgan fingerprint density at radius 2 is 1.94 bits per heavy atom. The van der Waals surface area contributed by atoms with Crippen LogP contribution in [0.15, 0.2) is 10.8 Å². The minimum Gasteiger partial charge on any atom is -0.332 e. The number of thiazole rings is 2. The Balaban J connectivity index is 1.72. The summed E-state index contributed by atoms with van der Waals surface area (Å²) in [7, 11) is 0. The summed E-state index contributed by atoms with van der Waals surface area (Å²) in [6.07, 6.45) is 0. The maximum Gasteiger partial charge on any atom is 0.315 e. The molecule has 0 fully saturated rings. The Hall–Kier alpha value is -1.47. The maximum atomic E-state index is 11.5. The summed E-state index contributed by atoms with van der Waals surface area (Å²) in [5, 5.41) is 11.3. The lowest BCUT2D eigenvalue weighted by atomic mass is 10.5. The minimum atomic E-state index is -0.200. The van der Waals surface area contributed by atoms with Crippen molar-refractivity contribution in [3.05, 3.63) is 32.2 Å². The van der Waals surface area contributed by atoms with Gasteiger partial charge in [-0.25, -0.2) is 14.8 Å². The maximum absolute atomic E-state index is 11.5. The number of rotatable bonds is 4. The zero-order chi connectivity index (χ0) is 13.0. The molecule has 0 saturated carbocycles. The summed E-state index contributed by atoms with van der Waals surface area (Å²) in [6, 6.07) is -0.200. The van der Waals surface area contributed by atoms with Crippen molar-refractivity contribution >= 4 is 28.7 Å². The smallest absolute Gasteiger partial charge is 0.315 e. The predicted molar refractivity (Wildman–Crippen MR) is 72.8 cm³/mol. The molecule has 0 aliphatic heterocycles. The number of hydrogen-bond acceptors (Lipinski definition) is 5. The second-order valence-corrected chi connectivity index (χ2v) is 5.78. The van der Waals surface area contributed by atoms with Crippen molar-refractivity contribution in [2.24, 2.45) is 0 Å². The first kappa shape index (κ1) is 13.0. The Bertz CT molecular complexity index is 488. The van der Waals surface area contributed by atoms with Gasteiger partial charge in [0.25, 0.3) is 0 Å². The molecule has 0 atom stereocenters. The van der Waals surface area contributed by atoms with E-state index in [0.29, 0.717) is 13.1 Å². The molecule has 2 heterocycles. The second kappa shape index (κ2) is 5.92. The highest BCUT2D eigenvalue weighted by molar-refractivity contribution is 7.09. The number of carbonyl (C=O) groups is 1. The summed E-state index contributed by atoms with van der Waals surface area (Å²) in [5.41, 5.74) is 1.87. The van der Waals surface area contributed by atoms with Crippen LogP contribution in [0, 0.1) is 13.8 Å². The van der Waals surface area contributed by atoms with Gasteiger partial charge in [0, 0.05) is 16.5 Å². The molecule has 0 spiro atoms. The monoisotopic (exact) mass is 282 g/mol. The standard InChI is InChI=1S/C11H14N4OS2/c1-7-5-18-10(14-7)4-13-11(16)12-3-9-6-17-8(2)15-9/h5-6H,3-4H2,1-2H3,(H2,12,13,16). The van der Waals surface area contributed by atoms with E-state index in [2.05, 4.69) is 20.6 Å². The molecule has 0 aromatic carbocycles. The van der Waals surface area contributed by atoms with Gasteiger partial charge in [0.2, 0.25) is 0 Å². The van der Waals surface area contributed by atoms with Gasteiger partial charge in [-0.2, -0.15) is 0 Å². The number of amides is 2. The normalized spacial score (nSPS) is 10.3. The lowest BCUT2D eigenvalue weighted by Crippen LogP contribution is -2.34. The molecule has 2 N–H and O–H groups in total. The SMILES string of the molecule is Cc1csc(CNC(=O)NCc2csc(C)n2)n1. The van der Waals surface area contributed by atoms with E-state index >= 15 is 0 Å².